The van der Waals surface area contributed by atoms with Crippen LogP contribution in [-0.2, 0) is 25.6 Å². The van der Waals surface area contributed by atoms with Crippen LogP contribution in [0.2, 0.25) is 0 Å². The molecule has 14 heteroatoms. The maximum absolute atomic E-state index is 13.2. The molecule has 1 aromatic rings. The van der Waals surface area contributed by atoms with Gasteiger partial charge in [0.2, 0.25) is 17.7 Å². The van der Waals surface area contributed by atoms with Gasteiger partial charge in [0.1, 0.15) is 18.1 Å². The number of imidazole rings is 1. The summed E-state index contributed by atoms with van der Waals surface area (Å²) in [7, 11) is 0. The van der Waals surface area contributed by atoms with Crippen molar-refractivity contribution in [2.45, 2.75) is 50.2 Å². The molecule has 1 fully saturated rings. The van der Waals surface area contributed by atoms with E-state index in [9.17, 15) is 24.3 Å². The molecular weight excluding hydrogens is 434 g/mol. The number of H-pyrrole nitrogens is 1. The molecule has 1 saturated heterocycles. The van der Waals surface area contributed by atoms with Crippen molar-refractivity contribution in [3.05, 3.63) is 18.2 Å². The topological polar surface area (TPSA) is 232 Å². The number of hydrogen-bond acceptors (Lipinski definition) is 7. The van der Waals surface area contributed by atoms with Crippen molar-refractivity contribution in [3.63, 3.8) is 0 Å². The largest absolute Gasteiger partial charge is 0.480 e. The molecule has 10 N–H and O–H groups in total. The lowest BCUT2D eigenvalue weighted by molar-refractivity contribution is -0.149. The third-order valence-electron chi connectivity index (χ3n) is 5.23. The second-order valence-electron chi connectivity index (χ2n) is 7.66. The highest BCUT2D eigenvalue weighted by atomic mass is 16.4. The molecule has 0 bridgehead atoms. The van der Waals surface area contributed by atoms with Crippen LogP contribution in [0.5, 0.6) is 0 Å². The molecule has 0 saturated carbocycles. The van der Waals surface area contributed by atoms with Gasteiger partial charge in [-0.15, -0.1) is 0 Å². The molecule has 1 aliphatic heterocycles. The van der Waals surface area contributed by atoms with Gasteiger partial charge >= 0.3 is 5.97 Å². The summed E-state index contributed by atoms with van der Waals surface area (Å²) in [6.45, 7) is 0.240. The molecule has 0 aliphatic carbocycles. The number of carboxylic acids is 1. The lowest BCUT2D eigenvalue weighted by Crippen LogP contribution is -2.56. The van der Waals surface area contributed by atoms with Gasteiger partial charge in [-0.25, -0.2) is 9.78 Å². The zero-order valence-corrected chi connectivity index (χ0v) is 18.2. The lowest BCUT2D eigenvalue weighted by Gasteiger charge is -2.28. The standard InChI is InChI=1S/C19H31N9O5/c20-8-15(29)26-13(7-11-9-23-10-25-11)16(30)27-12(3-1-5-24-19(21)22)17(31)28-6-2-4-14(28)18(32)33/h9-10,12-14H,1-8,20H2,(H,23,25)(H,26,29)(H,27,30)(H,32,33)(H4,21,22,24)/t12-,13-,14-/m0/s1. The summed E-state index contributed by atoms with van der Waals surface area (Å²) in [5, 5.41) is 24.4. The summed E-state index contributed by atoms with van der Waals surface area (Å²) >= 11 is 0. The summed E-state index contributed by atoms with van der Waals surface area (Å²) in [6.07, 6.45) is 4.51. The molecule has 0 aromatic carbocycles. The third kappa shape index (κ3) is 7.75. The van der Waals surface area contributed by atoms with Crippen LogP contribution in [0.15, 0.2) is 12.5 Å². The number of carbonyl (C=O) groups is 4. The normalized spacial score (nSPS) is 17.1. The molecule has 3 amide bonds. The fourth-order valence-electron chi connectivity index (χ4n) is 3.62. The van der Waals surface area contributed by atoms with E-state index in [-0.39, 0.29) is 38.4 Å². The van der Waals surface area contributed by atoms with E-state index >= 15 is 0 Å². The van der Waals surface area contributed by atoms with Crippen LogP contribution in [0.4, 0.5) is 0 Å². The monoisotopic (exact) mass is 465 g/mol. The molecule has 2 rings (SSSR count). The number of nitrogens with two attached hydrogens (primary N) is 2. The van der Waals surface area contributed by atoms with Gasteiger partial charge < -0.3 is 42.4 Å². The Balaban J connectivity index is 2.15. The first-order valence-corrected chi connectivity index (χ1v) is 10.6. The SMILES string of the molecule is N=C(N)NCCC[C@H](NC(=O)[C@H](Cc1c[nH]cn1)NC(=O)CN)C(=O)N1CCC[C@H]1C(=O)O. The van der Waals surface area contributed by atoms with E-state index in [1.165, 1.54) is 11.2 Å². The summed E-state index contributed by atoms with van der Waals surface area (Å²) in [5.74, 6) is -3.01. The molecule has 14 nitrogen and oxygen atoms in total. The number of carbonyl (C=O) groups excluding carboxylic acids is 3. The Morgan fingerprint density at radius 3 is 2.67 bits per heavy atom. The first-order chi connectivity index (χ1) is 15.7. The van der Waals surface area contributed by atoms with E-state index in [4.69, 9.17) is 16.9 Å². The predicted octanol–water partition coefficient (Wildman–Crippen LogP) is -2.78. The average molecular weight is 466 g/mol. The Morgan fingerprint density at radius 1 is 1.30 bits per heavy atom. The van der Waals surface area contributed by atoms with E-state index in [0.29, 0.717) is 25.0 Å². The van der Waals surface area contributed by atoms with E-state index in [0.717, 1.165) is 0 Å². The number of aromatic nitrogens is 2. The van der Waals surface area contributed by atoms with E-state index in [2.05, 4.69) is 25.9 Å². The molecule has 1 aromatic heterocycles. The summed E-state index contributed by atoms with van der Waals surface area (Å²) in [4.78, 5) is 57.7. The number of rotatable bonds is 12. The maximum Gasteiger partial charge on any atom is 0.326 e. The number of hydrogen-bond donors (Lipinski definition) is 8. The Kier molecular flexibility index (Phi) is 9.60. The van der Waals surface area contributed by atoms with Gasteiger partial charge in [-0.3, -0.25) is 19.8 Å². The van der Waals surface area contributed by atoms with Crippen LogP contribution < -0.4 is 27.4 Å². The van der Waals surface area contributed by atoms with Crippen LogP contribution in [0, 0.1) is 5.41 Å². The number of carboxylic acid groups (broad SMARTS) is 1. The molecule has 2 heterocycles. The quantitative estimate of drug-likeness (QED) is 0.0904. The minimum atomic E-state index is -1.10. The first-order valence-electron chi connectivity index (χ1n) is 10.6. The van der Waals surface area contributed by atoms with Gasteiger partial charge in [-0.1, -0.05) is 0 Å². The van der Waals surface area contributed by atoms with E-state index < -0.39 is 41.8 Å². The predicted molar refractivity (Wildman–Crippen MR) is 117 cm³/mol. The Morgan fingerprint density at radius 2 is 2.06 bits per heavy atom. The fraction of sp³-hybridized carbons (Fsp3) is 0.579. The van der Waals surface area contributed by atoms with Crippen molar-refractivity contribution in [1.82, 2.24) is 30.8 Å². The van der Waals surface area contributed by atoms with Crippen molar-refractivity contribution in [3.8, 4) is 0 Å². The summed E-state index contributed by atoms with van der Waals surface area (Å²) < 4.78 is 0. The number of aliphatic carboxylic acids is 1. The van der Waals surface area contributed by atoms with Gasteiger partial charge in [-0.2, -0.15) is 0 Å². The van der Waals surface area contributed by atoms with Crippen LogP contribution in [0.3, 0.4) is 0 Å². The molecule has 3 atom stereocenters. The van der Waals surface area contributed by atoms with Gasteiger partial charge in [0.25, 0.3) is 0 Å². The van der Waals surface area contributed by atoms with Crippen LogP contribution in [-0.4, -0.2) is 87.4 Å². The fourth-order valence-corrected chi connectivity index (χ4v) is 3.62. The number of likely N-dealkylation sites (tertiary alicyclic amines) is 1. The van der Waals surface area contributed by atoms with Crippen molar-refractivity contribution >= 4 is 29.7 Å². The number of nitrogens with zero attached hydrogens (tertiary/aromatic N) is 2. The van der Waals surface area contributed by atoms with Gasteiger partial charge in [0.05, 0.1) is 18.6 Å². The molecule has 0 radical (unpaired) electrons. The van der Waals surface area contributed by atoms with Crippen LogP contribution >= 0.6 is 0 Å². The number of guanidine groups is 1. The van der Waals surface area contributed by atoms with Crippen LogP contribution in [0.25, 0.3) is 0 Å². The highest BCUT2D eigenvalue weighted by molar-refractivity contribution is 5.94. The third-order valence-corrected chi connectivity index (χ3v) is 5.23. The van der Waals surface area contributed by atoms with Crippen LogP contribution in [0.1, 0.15) is 31.4 Å². The smallest absolute Gasteiger partial charge is 0.326 e. The molecule has 33 heavy (non-hydrogen) atoms. The van der Waals surface area contributed by atoms with Gasteiger partial charge in [-0.05, 0) is 25.7 Å². The highest BCUT2D eigenvalue weighted by Gasteiger charge is 2.38. The van der Waals surface area contributed by atoms with Gasteiger partial charge in [0.15, 0.2) is 5.96 Å². The van der Waals surface area contributed by atoms with E-state index in [1.807, 2.05) is 0 Å². The zero-order chi connectivity index (χ0) is 24.4. The lowest BCUT2D eigenvalue weighted by atomic mass is 10.1. The Hall–Kier alpha value is -3.68. The molecule has 0 unspecified atom stereocenters. The minimum absolute atomic E-state index is 0.0648. The molecule has 182 valence electrons. The Bertz CT molecular complexity index is 845. The Labute approximate surface area is 190 Å². The van der Waals surface area contributed by atoms with Crippen molar-refractivity contribution in [1.29, 1.82) is 5.41 Å². The molecule has 1 aliphatic rings. The number of aromatic amines is 1. The first kappa shape index (κ1) is 25.6. The average Bonchev–Trinajstić information content (AvgIpc) is 3.46. The zero-order valence-electron chi connectivity index (χ0n) is 18.2. The number of nitrogens with one attached hydrogen (secondary N) is 5. The summed E-state index contributed by atoms with van der Waals surface area (Å²) in [5.41, 5.74) is 11.1. The minimum Gasteiger partial charge on any atom is -0.480 e. The molecular formula is C19H31N9O5. The highest BCUT2D eigenvalue weighted by Crippen LogP contribution is 2.19. The number of amides is 3. The second kappa shape index (κ2) is 12.4. The van der Waals surface area contributed by atoms with Crippen molar-refractivity contribution in [2.24, 2.45) is 11.5 Å². The molecule has 0 spiro atoms. The van der Waals surface area contributed by atoms with Crippen molar-refractivity contribution < 1.29 is 24.3 Å². The van der Waals surface area contributed by atoms with Crippen molar-refractivity contribution in [2.75, 3.05) is 19.6 Å². The summed E-state index contributed by atoms with van der Waals surface area (Å²) in [6, 6.07) is -3.02. The van der Waals surface area contributed by atoms with Gasteiger partial charge in [0, 0.05) is 25.7 Å². The second-order valence-corrected chi connectivity index (χ2v) is 7.66. The van der Waals surface area contributed by atoms with E-state index in [1.54, 1.807) is 6.20 Å². The maximum atomic E-state index is 13.2.